The number of thioether (sulfide) groups is 1. The van der Waals surface area contributed by atoms with Gasteiger partial charge >= 0.3 is 5.97 Å². The van der Waals surface area contributed by atoms with Crippen LogP contribution in [0, 0.1) is 6.92 Å². The predicted molar refractivity (Wildman–Crippen MR) is 84.8 cm³/mol. The van der Waals surface area contributed by atoms with E-state index in [9.17, 15) is 14.7 Å². The molecule has 21 heavy (non-hydrogen) atoms. The normalized spacial score (nSPS) is 10.4. The lowest BCUT2D eigenvalue weighted by molar-refractivity contribution is 0.0697. The minimum atomic E-state index is -1.08. The quantitative estimate of drug-likeness (QED) is 0.876. The first-order valence-electron chi connectivity index (χ1n) is 6.07. The van der Waals surface area contributed by atoms with Gasteiger partial charge in [0, 0.05) is 17.5 Å². The minimum Gasteiger partial charge on any atom is -0.478 e. The van der Waals surface area contributed by atoms with E-state index in [4.69, 9.17) is 0 Å². The molecule has 1 aromatic carbocycles. The highest BCUT2D eigenvalue weighted by Crippen LogP contribution is 2.29. The first-order chi connectivity index (χ1) is 9.95. The molecule has 2 aromatic rings. The van der Waals surface area contributed by atoms with E-state index in [1.807, 2.05) is 18.4 Å². The fraction of sp³-hybridized carbons (Fsp3) is 0.214. The molecule has 1 aromatic heterocycles. The lowest BCUT2D eigenvalue weighted by Crippen LogP contribution is -2.26. The summed E-state index contributed by atoms with van der Waals surface area (Å²) in [6.07, 6.45) is 1.96. The fourth-order valence-electron chi connectivity index (χ4n) is 1.85. The molecule has 0 aliphatic carbocycles. The summed E-state index contributed by atoms with van der Waals surface area (Å²) in [5, 5.41) is 9.58. The van der Waals surface area contributed by atoms with E-state index in [2.05, 4.69) is 4.37 Å². The third kappa shape index (κ3) is 3.08. The second kappa shape index (κ2) is 6.28. The van der Waals surface area contributed by atoms with Gasteiger partial charge < -0.3 is 10.0 Å². The molecular weight excluding hydrogens is 308 g/mol. The van der Waals surface area contributed by atoms with Crippen LogP contribution in [0.5, 0.6) is 0 Å². The van der Waals surface area contributed by atoms with Gasteiger partial charge in [0.15, 0.2) is 0 Å². The van der Waals surface area contributed by atoms with E-state index < -0.39 is 5.97 Å². The molecule has 0 fully saturated rings. The van der Waals surface area contributed by atoms with Crippen molar-refractivity contribution < 1.29 is 14.7 Å². The third-order valence-electron chi connectivity index (χ3n) is 3.00. The Kier molecular flexibility index (Phi) is 4.64. The highest BCUT2D eigenvalue weighted by Gasteiger charge is 2.24. The van der Waals surface area contributed by atoms with Gasteiger partial charge in [0.25, 0.3) is 5.91 Å². The van der Waals surface area contributed by atoms with E-state index in [1.54, 1.807) is 37.9 Å². The molecule has 0 saturated heterocycles. The van der Waals surface area contributed by atoms with E-state index in [1.165, 1.54) is 4.90 Å². The Morgan fingerprint density at radius 2 is 1.90 bits per heavy atom. The lowest BCUT2D eigenvalue weighted by Gasteiger charge is -2.16. The molecule has 0 spiro atoms. The summed E-state index contributed by atoms with van der Waals surface area (Å²) in [4.78, 5) is 26.1. The number of carbonyl (C=O) groups is 2. The summed E-state index contributed by atoms with van der Waals surface area (Å²) in [5.74, 6) is -1.33. The summed E-state index contributed by atoms with van der Waals surface area (Å²) in [6, 6.07) is 7.20. The Morgan fingerprint density at radius 1 is 1.29 bits per heavy atom. The average Bonchev–Trinajstić information content (AvgIpc) is 2.87. The minimum absolute atomic E-state index is 0.0802. The van der Waals surface area contributed by atoms with E-state index in [-0.39, 0.29) is 11.5 Å². The van der Waals surface area contributed by atoms with Crippen LogP contribution in [0.2, 0.25) is 0 Å². The van der Waals surface area contributed by atoms with Crippen LogP contribution in [-0.4, -0.2) is 34.7 Å². The maximum Gasteiger partial charge on any atom is 0.340 e. The summed E-state index contributed by atoms with van der Waals surface area (Å²) in [6.45, 7) is 1.62. The van der Waals surface area contributed by atoms with Crippen molar-refractivity contribution in [2.24, 2.45) is 0 Å². The highest BCUT2D eigenvalue weighted by atomic mass is 32.2. The smallest absolute Gasteiger partial charge is 0.340 e. The zero-order valence-electron chi connectivity index (χ0n) is 11.8. The topological polar surface area (TPSA) is 70.5 Å². The van der Waals surface area contributed by atoms with Gasteiger partial charge in [-0.2, -0.15) is 4.37 Å². The molecule has 1 heterocycles. The number of aryl methyl sites for hydroxylation is 1. The number of carboxylic acid groups (broad SMARTS) is 1. The number of rotatable bonds is 4. The van der Waals surface area contributed by atoms with Gasteiger partial charge in [0.2, 0.25) is 0 Å². The second-order valence-corrected chi connectivity index (χ2v) is 5.98. The molecule has 1 N–H and O–H groups in total. The summed E-state index contributed by atoms with van der Waals surface area (Å²) >= 11 is 2.61. The highest BCUT2D eigenvalue weighted by molar-refractivity contribution is 7.98. The molecule has 0 aliphatic rings. The number of nitrogens with zero attached hydrogens (tertiary/aromatic N) is 2. The number of amides is 1. The zero-order chi connectivity index (χ0) is 15.6. The Hall–Kier alpha value is -1.86. The summed E-state index contributed by atoms with van der Waals surface area (Å²) in [7, 11) is 1.56. The van der Waals surface area contributed by atoms with Gasteiger partial charge in [-0.1, -0.05) is 0 Å². The first kappa shape index (κ1) is 15.5. The van der Waals surface area contributed by atoms with Crippen LogP contribution in [0.4, 0.5) is 5.00 Å². The SMILES string of the molecule is CSc1ccc(C(=O)N(C)c2snc(C)c2C(=O)O)cc1. The lowest BCUT2D eigenvalue weighted by atomic mass is 10.2. The molecule has 0 aliphatic heterocycles. The van der Waals surface area contributed by atoms with Gasteiger partial charge in [-0.25, -0.2) is 4.79 Å². The monoisotopic (exact) mass is 322 g/mol. The van der Waals surface area contributed by atoms with Crippen LogP contribution in [0.25, 0.3) is 0 Å². The molecule has 0 atom stereocenters. The van der Waals surface area contributed by atoms with Crippen molar-refractivity contribution in [3.05, 3.63) is 41.1 Å². The van der Waals surface area contributed by atoms with Gasteiger partial charge in [-0.15, -0.1) is 11.8 Å². The summed E-state index contributed by atoms with van der Waals surface area (Å²) in [5.41, 5.74) is 1.01. The molecule has 1 amide bonds. The maximum absolute atomic E-state index is 12.4. The Balaban J connectivity index is 2.32. The molecule has 0 bridgehead atoms. The Morgan fingerprint density at radius 3 is 2.43 bits per heavy atom. The van der Waals surface area contributed by atoms with Gasteiger partial charge in [0.1, 0.15) is 10.6 Å². The molecule has 5 nitrogen and oxygen atoms in total. The van der Waals surface area contributed by atoms with Crippen LogP contribution >= 0.6 is 23.3 Å². The van der Waals surface area contributed by atoms with Crippen molar-refractivity contribution in [1.29, 1.82) is 0 Å². The van der Waals surface area contributed by atoms with Crippen LogP contribution in [0.3, 0.4) is 0 Å². The Bertz CT molecular complexity index is 680. The van der Waals surface area contributed by atoms with E-state index in [0.29, 0.717) is 16.3 Å². The van der Waals surface area contributed by atoms with Crippen LogP contribution < -0.4 is 4.90 Å². The molecular formula is C14H14N2O3S2. The van der Waals surface area contributed by atoms with E-state index >= 15 is 0 Å². The van der Waals surface area contributed by atoms with Gasteiger partial charge in [-0.3, -0.25) is 4.79 Å². The standard InChI is InChI=1S/C14H14N2O3S2/c1-8-11(14(18)19)13(21-15-8)16(2)12(17)9-4-6-10(20-3)7-5-9/h4-7H,1-3H3,(H,18,19). The number of aromatic nitrogens is 1. The van der Waals surface area contributed by atoms with Crippen molar-refractivity contribution in [2.45, 2.75) is 11.8 Å². The number of aromatic carboxylic acids is 1. The maximum atomic E-state index is 12.4. The number of benzene rings is 1. The van der Waals surface area contributed by atoms with Crippen molar-refractivity contribution >= 4 is 40.2 Å². The number of hydrogen-bond donors (Lipinski definition) is 1. The van der Waals surface area contributed by atoms with Gasteiger partial charge in [0.05, 0.1) is 5.69 Å². The predicted octanol–water partition coefficient (Wildman–Crippen LogP) is 3.15. The Labute approximate surface area is 130 Å². The first-order valence-corrected chi connectivity index (χ1v) is 8.07. The number of carbonyl (C=O) groups excluding carboxylic acids is 1. The fourth-order valence-corrected chi connectivity index (χ4v) is 3.11. The third-order valence-corrected chi connectivity index (χ3v) is 4.76. The average molecular weight is 322 g/mol. The molecule has 7 heteroatoms. The molecule has 0 radical (unpaired) electrons. The number of anilines is 1. The molecule has 110 valence electrons. The second-order valence-electron chi connectivity index (χ2n) is 4.35. The van der Waals surface area contributed by atoms with Gasteiger partial charge in [-0.05, 0) is 49.0 Å². The molecule has 2 rings (SSSR count). The number of carboxylic acids is 1. The largest absolute Gasteiger partial charge is 0.478 e. The van der Waals surface area contributed by atoms with Crippen molar-refractivity contribution in [1.82, 2.24) is 4.37 Å². The van der Waals surface area contributed by atoms with Crippen molar-refractivity contribution in [3.8, 4) is 0 Å². The number of hydrogen-bond acceptors (Lipinski definition) is 5. The molecule has 0 unspecified atom stereocenters. The molecule has 0 saturated carbocycles. The summed E-state index contributed by atoms with van der Waals surface area (Å²) < 4.78 is 4.03. The zero-order valence-corrected chi connectivity index (χ0v) is 13.4. The van der Waals surface area contributed by atoms with Crippen LogP contribution in [0.1, 0.15) is 26.4 Å². The van der Waals surface area contributed by atoms with Crippen molar-refractivity contribution in [2.75, 3.05) is 18.2 Å². The van der Waals surface area contributed by atoms with E-state index in [0.717, 1.165) is 16.4 Å². The van der Waals surface area contributed by atoms with Crippen LogP contribution in [0.15, 0.2) is 29.2 Å². The van der Waals surface area contributed by atoms with Crippen LogP contribution in [-0.2, 0) is 0 Å². The van der Waals surface area contributed by atoms with Crippen molar-refractivity contribution in [3.63, 3.8) is 0 Å².